The van der Waals surface area contributed by atoms with Crippen LogP contribution in [-0.4, -0.2) is 12.4 Å². The maximum atomic E-state index is 7.35. The quantitative estimate of drug-likeness (QED) is 0.473. The highest BCUT2D eigenvalue weighted by molar-refractivity contribution is 9.10. The van der Waals surface area contributed by atoms with Crippen LogP contribution in [0.1, 0.15) is 19.3 Å². The SMILES string of the molecule is N=C(N)CC1(COc2cc(Cl)c(Br)cc2Cl)CC1. The molecule has 1 aromatic carbocycles. The molecule has 0 amide bonds. The minimum atomic E-state index is 0.0225. The number of nitrogens with two attached hydrogens (primary N) is 1. The zero-order chi connectivity index (χ0) is 13.3. The Balaban J connectivity index is 2.03. The Morgan fingerprint density at radius 1 is 1.39 bits per heavy atom. The lowest BCUT2D eigenvalue weighted by molar-refractivity contribution is 0.238. The number of amidine groups is 1. The van der Waals surface area contributed by atoms with E-state index < -0.39 is 0 Å². The fraction of sp³-hybridized carbons (Fsp3) is 0.417. The summed E-state index contributed by atoms with van der Waals surface area (Å²) in [6.45, 7) is 0.518. The fourth-order valence-corrected chi connectivity index (χ4v) is 2.65. The van der Waals surface area contributed by atoms with E-state index in [1.165, 1.54) is 0 Å². The van der Waals surface area contributed by atoms with Crippen molar-refractivity contribution in [1.82, 2.24) is 0 Å². The van der Waals surface area contributed by atoms with E-state index >= 15 is 0 Å². The first-order chi connectivity index (χ1) is 8.42. The molecule has 98 valence electrons. The molecular weight excluding hydrogens is 339 g/mol. The van der Waals surface area contributed by atoms with Crippen molar-refractivity contribution in [1.29, 1.82) is 5.41 Å². The summed E-state index contributed by atoms with van der Waals surface area (Å²) in [5.74, 6) is 0.774. The lowest BCUT2D eigenvalue weighted by Gasteiger charge is -2.16. The van der Waals surface area contributed by atoms with Crippen LogP contribution in [0.5, 0.6) is 5.75 Å². The van der Waals surface area contributed by atoms with Crippen LogP contribution in [0.2, 0.25) is 10.0 Å². The van der Waals surface area contributed by atoms with Crippen LogP contribution < -0.4 is 10.5 Å². The molecule has 1 aliphatic rings. The van der Waals surface area contributed by atoms with Gasteiger partial charge in [-0.2, -0.15) is 0 Å². The molecule has 0 unspecified atom stereocenters. The van der Waals surface area contributed by atoms with Crippen molar-refractivity contribution in [2.45, 2.75) is 19.3 Å². The van der Waals surface area contributed by atoms with Crippen molar-refractivity contribution >= 4 is 45.0 Å². The zero-order valence-electron chi connectivity index (χ0n) is 9.60. The highest BCUT2D eigenvalue weighted by Crippen LogP contribution is 2.49. The second-order valence-electron chi connectivity index (χ2n) is 4.69. The molecular formula is C12H13BrCl2N2O. The van der Waals surface area contributed by atoms with E-state index in [1.807, 2.05) is 0 Å². The number of hydrogen-bond donors (Lipinski definition) is 2. The standard InChI is InChI=1S/C12H13BrCl2N2O/c13-7-3-9(15)10(4-8(7)14)18-6-12(1-2-12)5-11(16)17/h3-4H,1-2,5-6H2,(H3,16,17). The van der Waals surface area contributed by atoms with Gasteiger partial charge in [0.2, 0.25) is 0 Å². The molecule has 3 N–H and O–H groups in total. The Bertz CT molecular complexity index is 489. The molecule has 1 fully saturated rings. The van der Waals surface area contributed by atoms with Gasteiger partial charge in [-0.25, -0.2) is 0 Å². The highest BCUT2D eigenvalue weighted by Gasteiger charge is 2.44. The first kappa shape index (κ1) is 14.0. The van der Waals surface area contributed by atoms with Gasteiger partial charge in [-0.1, -0.05) is 23.2 Å². The first-order valence-electron chi connectivity index (χ1n) is 5.52. The molecule has 0 aromatic heterocycles. The van der Waals surface area contributed by atoms with Crippen molar-refractivity contribution < 1.29 is 4.74 Å². The van der Waals surface area contributed by atoms with Crippen LogP contribution in [0.25, 0.3) is 0 Å². The van der Waals surface area contributed by atoms with Crippen LogP contribution in [-0.2, 0) is 0 Å². The summed E-state index contributed by atoms with van der Waals surface area (Å²) in [7, 11) is 0. The van der Waals surface area contributed by atoms with Crippen molar-refractivity contribution in [2.24, 2.45) is 11.1 Å². The predicted octanol–water partition coefficient (Wildman–Crippen LogP) is 4.24. The van der Waals surface area contributed by atoms with Crippen molar-refractivity contribution in [2.75, 3.05) is 6.61 Å². The van der Waals surface area contributed by atoms with Crippen LogP contribution in [0.15, 0.2) is 16.6 Å². The van der Waals surface area contributed by atoms with E-state index in [0.29, 0.717) is 28.8 Å². The van der Waals surface area contributed by atoms with Gasteiger partial charge >= 0.3 is 0 Å². The third-order valence-corrected chi connectivity index (χ3v) is 4.52. The Kier molecular flexibility index (Phi) is 4.09. The van der Waals surface area contributed by atoms with E-state index in [4.69, 9.17) is 39.1 Å². The lowest BCUT2D eigenvalue weighted by atomic mass is 10.0. The van der Waals surface area contributed by atoms with Gasteiger partial charge in [0.05, 0.1) is 22.5 Å². The average Bonchev–Trinajstić information content (AvgIpc) is 3.01. The van der Waals surface area contributed by atoms with E-state index in [1.54, 1.807) is 12.1 Å². The summed E-state index contributed by atoms with van der Waals surface area (Å²) in [5.41, 5.74) is 5.46. The summed E-state index contributed by atoms with van der Waals surface area (Å²) in [4.78, 5) is 0. The van der Waals surface area contributed by atoms with E-state index in [2.05, 4.69) is 15.9 Å². The number of nitrogens with one attached hydrogen (secondary N) is 1. The molecule has 0 heterocycles. The molecule has 18 heavy (non-hydrogen) atoms. The summed E-state index contributed by atoms with van der Waals surface area (Å²) >= 11 is 15.4. The second-order valence-corrected chi connectivity index (χ2v) is 6.36. The topological polar surface area (TPSA) is 59.1 Å². The molecule has 1 saturated carbocycles. The van der Waals surface area contributed by atoms with E-state index in [9.17, 15) is 0 Å². The van der Waals surface area contributed by atoms with Gasteiger partial charge in [0, 0.05) is 22.4 Å². The fourth-order valence-electron chi connectivity index (χ4n) is 1.80. The second kappa shape index (κ2) is 5.27. The van der Waals surface area contributed by atoms with Gasteiger partial charge in [-0.3, -0.25) is 5.41 Å². The molecule has 6 heteroatoms. The van der Waals surface area contributed by atoms with Crippen molar-refractivity contribution in [3.63, 3.8) is 0 Å². The largest absolute Gasteiger partial charge is 0.491 e. The average molecular weight is 352 g/mol. The number of halogens is 3. The molecule has 0 bridgehead atoms. The van der Waals surface area contributed by atoms with Gasteiger partial charge in [0.25, 0.3) is 0 Å². The molecule has 0 atom stereocenters. The summed E-state index contributed by atoms with van der Waals surface area (Å²) in [6.07, 6.45) is 2.65. The number of rotatable bonds is 5. The minimum Gasteiger partial charge on any atom is -0.491 e. The Labute approximate surface area is 124 Å². The summed E-state index contributed by atoms with van der Waals surface area (Å²) < 4.78 is 6.45. The van der Waals surface area contributed by atoms with Gasteiger partial charge in [0.1, 0.15) is 5.75 Å². The first-order valence-corrected chi connectivity index (χ1v) is 7.07. The molecule has 3 nitrogen and oxygen atoms in total. The number of ether oxygens (including phenoxy) is 1. The van der Waals surface area contributed by atoms with Crippen molar-refractivity contribution in [3.05, 3.63) is 26.7 Å². The molecule has 0 radical (unpaired) electrons. The molecule has 2 rings (SSSR count). The van der Waals surface area contributed by atoms with Gasteiger partial charge in [-0.05, 0) is 34.8 Å². The third kappa shape index (κ3) is 3.31. The summed E-state index contributed by atoms with van der Waals surface area (Å²) in [5, 5.41) is 8.43. The zero-order valence-corrected chi connectivity index (χ0v) is 12.7. The molecule has 1 aliphatic carbocycles. The Morgan fingerprint density at radius 2 is 2.06 bits per heavy atom. The number of hydrogen-bond acceptors (Lipinski definition) is 2. The van der Waals surface area contributed by atoms with Crippen LogP contribution in [0.3, 0.4) is 0 Å². The third-order valence-electron chi connectivity index (χ3n) is 3.03. The highest BCUT2D eigenvalue weighted by atomic mass is 79.9. The lowest BCUT2D eigenvalue weighted by Crippen LogP contribution is -2.21. The summed E-state index contributed by atoms with van der Waals surface area (Å²) in [6, 6.07) is 3.40. The molecule has 1 aromatic rings. The smallest absolute Gasteiger partial charge is 0.139 e. The van der Waals surface area contributed by atoms with Gasteiger partial charge < -0.3 is 10.5 Å². The number of benzene rings is 1. The van der Waals surface area contributed by atoms with E-state index in [0.717, 1.165) is 17.3 Å². The van der Waals surface area contributed by atoms with E-state index in [-0.39, 0.29) is 11.3 Å². The van der Waals surface area contributed by atoms with Gasteiger partial charge in [-0.15, -0.1) is 0 Å². The van der Waals surface area contributed by atoms with Crippen LogP contribution in [0, 0.1) is 10.8 Å². The Morgan fingerprint density at radius 3 is 2.61 bits per heavy atom. The van der Waals surface area contributed by atoms with Crippen LogP contribution >= 0.6 is 39.1 Å². The Hall–Kier alpha value is -0.450. The van der Waals surface area contributed by atoms with Crippen LogP contribution in [0.4, 0.5) is 0 Å². The predicted molar refractivity (Wildman–Crippen MR) is 77.9 cm³/mol. The van der Waals surface area contributed by atoms with Gasteiger partial charge in [0.15, 0.2) is 0 Å². The molecule has 0 spiro atoms. The minimum absolute atomic E-state index is 0.0225. The molecule has 0 saturated heterocycles. The maximum absolute atomic E-state index is 7.35. The van der Waals surface area contributed by atoms with Crippen molar-refractivity contribution in [3.8, 4) is 5.75 Å². The monoisotopic (exact) mass is 350 g/mol. The maximum Gasteiger partial charge on any atom is 0.139 e. The normalized spacial score (nSPS) is 16.4. The molecule has 0 aliphatic heterocycles.